The van der Waals surface area contributed by atoms with Gasteiger partial charge in [0.25, 0.3) is 0 Å². The Morgan fingerprint density at radius 3 is 1.80 bits per heavy atom. The zero-order valence-electron chi connectivity index (χ0n) is 25.7. The molecule has 0 aromatic carbocycles. The Bertz CT molecular complexity index is 889. The van der Waals surface area contributed by atoms with E-state index in [4.69, 9.17) is 5.26 Å². The van der Waals surface area contributed by atoms with E-state index in [1.807, 2.05) is 12.4 Å². The fourth-order valence-electron chi connectivity index (χ4n) is 4.20. The number of aliphatic hydroxyl groups excluding tert-OH is 1. The Balaban J connectivity index is 3.85. The number of rotatable bonds is 26. The van der Waals surface area contributed by atoms with Crippen molar-refractivity contribution in [3.63, 3.8) is 0 Å². The third-order valence-corrected chi connectivity index (χ3v) is 6.98. The van der Waals surface area contributed by atoms with Crippen molar-refractivity contribution in [2.24, 2.45) is 0 Å². The molecule has 0 saturated heterocycles. The highest BCUT2D eigenvalue weighted by atomic mass is 16.3. The average molecular weight is 571 g/mol. The Morgan fingerprint density at radius 1 is 0.756 bits per heavy atom. The van der Waals surface area contributed by atoms with E-state index in [-0.39, 0.29) is 18.2 Å². The minimum Gasteiger partial charge on any atom is -0.389 e. The van der Waals surface area contributed by atoms with Gasteiger partial charge < -0.3 is 15.7 Å². The largest absolute Gasteiger partial charge is 0.389 e. The van der Waals surface area contributed by atoms with Crippen molar-refractivity contribution in [3.05, 3.63) is 36.7 Å². The molecule has 0 aliphatic rings. The number of amides is 2. The molecule has 0 aliphatic heterocycles. The molecule has 0 spiro atoms. The molecular formula is C32H54N6O3. The summed E-state index contributed by atoms with van der Waals surface area (Å²) in [4.78, 5) is 25.9. The molecule has 0 aromatic heterocycles. The first-order valence-electron chi connectivity index (χ1n) is 15.2. The smallest absolute Gasteiger partial charge is 0.235 e. The molecular weight excluding hydrogens is 516 g/mol. The normalized spacial score (nSPS) is 11.0. The van der Waals surface area contributed by atoms with Crippen LogP contribution < -0.4 is 10.6 Å². The van der Waals surface area contributed by atoms with Gasteiger partial charge in [0.05, 0.1) is 6.10 Å². The zero-order valence-corrected chi connectivity index (χ0v) is 25.7. The highest BCUT2D eigenvalue weighted by molar-refractivity contribution is 5.77. The monoisotopic (exact) mass is 570 g/mol. The van der Waals surface area contributed by atoms with Gasteiger partial charge in [-0.25, -0.2) is 9.80 Å². The van der Waals surface area contributed by atoms with Crippen molar-refractivity contribution in [2.75, 3.05) is 26.2 Å². The molecule has 0 fully saturated rings. The number of carbonyl (C=O) groups is 2. The summed E-state index contributed by atoms with van der Waals surface area (Å²) in [5, 5.41) is 35.1. The molecule has 3 N–H and O–H groups in total. The molecule has 9 heteroatoms. The van der Waals surface area contributed by atoms with Crippen LogP contribution in [0.3, 0.4) is 0 Å². The first-order valence-corrected chi connectivity index (χ1v) is 15.2. The number of aliphatic hydroxyl groups is 1. The van der Waals surface area contributed by atoms with Gasteiger partial charge in [-0.05, 0) is 63.4 Å². The lowest BCUT2D eigenvalue weighted by molar-refractivity contribution is -0.128. The average Bonchev–Trinajstić information content (AvgIpc) is 2.95. The van der Waals surface area contributed by atoms with Crippen molar-refractivity contribution >= 4 is 11.8 Å². The number of unbranched alkanes of at least 4 members (excludes halogenated alkanes) is 7. The molecule has 230 valence electrons. The number of nitriles is 2. The van der Waals surface area contributed by atoms with Crippen molar-refractivity contribution in [1.29, 1.82) is 10.5 Å². The van der Waals surface area contributed by atoms with Gasteiger partial charge in [0.15, 0.2) is 12.4 Å². The van der Waals surface area contributed by atoms with E-state index in [2.05, 4.69) is 37.3 Å². The minimum absolute atomic E-state index is 0.146. The van der Waals surface area contributed by atoms with E-state index in [1.54, 1.807) is 0 Å². The van der Waals surface area contributed by atoms with Crippen LogP contribution >= 0.6 is 0 Å². The number of allylic oxidation sites excluding steroid dienone is 2. The van der Waals surface area contributed by atoms with Gasteiger partial charge in [-0.3, -0.25) is 9.59 Å². The maximum Gasteiger partial charge on any atom is 0.235 e. The molecule has 0 saturated carbocycles. The standard InChI is InChI=1S/C32H54N6O3/c1-6-7-8-14-24-38(26-34)32(41)20-19-29(4)36-21-12-9-11-16-31(40)27(2)17-18-28(3)35-22-13-10-15-23-37(25-33)30(5)39/h31,35-36,40H,2-4,6-24H2,1,5H3. The lowest BCUT2D eigenvalue weighted by Crippen LogP contribution is -2.27. The second-order valence-corrected chi connectivity index (χ2v) is 10.6. The predicted octanol–water partition coefficient (Wildman–Crippen LogP) is 5.62. The SMILES string of the molecule is C=C(CCC(=C)C(O)CCCCCNC(=C)CCC(=O)N(C#N)CCCCCC)NCCCCCN(C#N)C(C)=O. The fraction of sp³-hybridized carbons (Fsp3) is 0.688. The van der Waals surface area contributed by atoms with Crippen LogP contribution in [0.4, 0.5) is 0 Å². The molecule has 1 unspecified atom stereocenters. The van der Waals surface area contributed by atoms with Crippen LogP contribution in [0.5, 0.6) is 0 Å². The van der Waals surface area contributed by atoms with Crippen LogP contribution in [0.1, 0.15) is 110 Å². The summed E-state index contributed by atoms with van der Waals surface area (Å²) in [7, 11) is 0. The van der Waals surface area contributed by atoms with E-state index in [0.29, 0.717) is 32.4 Å². The molecule has 0 heterocycles. The number of hydrogen-bond acceptors (Lipinski definition) is 7. The Hall–Kier alpha value is -3.30. The van der Waals surface area contributed by atoms with Gasteiger partial charge in [0.1, 0.15) is 0 Å². The van der Waals surface area contributed by atoms with Gasteiger partial charge in [0.2, 0.25) is 11.8 Å². The summed E-state index contributed by atoms with van der Waals surface area (Å²) in [5.74, 6) is -0.369. The van der Waals surface area contributed by atoms with Crippen LogP contribution in [-0.4, -0.2) is 59.0 Å². The molecule has 9 nitrogen and oxygen atoms in total. The third kappa shape index (κ3) is 20.3. The summed E-state index contributed by atoms with van der Waals surface area (Å²) in [5.41, 5.74) is 2.55. The molecule has 0 aliphatic carbocycles. The van der Waals surface area contributed by atoms with Gasteiger partial charge in [-0.15, -0.1) is 0 Å². The summed E-state index contributed by atoms with van der Waals surface area (Å²) in [6, 6.07) is 0. The van der Waals surface area contributed by atoms with Gasteiger partial charge >= 0.3 is 0 Å². The predicted molar refractivity (Wildman–Crippen MR) is 165 cm³/mol. The lowest BCUT2D eigenvalue weighted by atomic mass is 10.00. The highest BCUT2D eigenvalue weighted by Crippen LogP contribution is 2.16. The molecule has 1 atom stereocenters. The fourth-order valence-corrected chi connectivity index (χ4v) is 4.20. The maximum absolute atomic E-state index is 12.3. The van der Waals surface area contributed by atoms with E-state index in [1.165, 1.54) is 16.7 Å². The number of nitrogens with zero attached hydrogens (tertiary/aromatic N) is 4. The Morgan fingerprint density at radius 2 is 1.27 bits per heavy atom. The highest BCUT2D eigenvalue weighted by Gasteiger charge is 2.13. The van der Waals surface area contributed by atoms with Crippen molar-refractivity contribution in [1.82, 2.24) is 20.4 Å². The van der Waals surface area contributed by atoms with Crippen molar-refractivity contribution in [3.8, 4) is 12.4 Å². The summed E-state index contributed by atoms with van der Waals surface area (Å²) in [6.45, 7) is 18.1. The second-order valence-electron chi connectivity index (χ2n) is 10.6. The summed E-state index contributed by atoms with van der Waals surface area (Å²) < 4.78 is 0. The molecule has 2 amide bonds. The zero-order chi connectivity index (χ0) is 30.9. The Kier molecular flexibility index (Phi) is 22.5. The molecule has 0 aromatic rings. The number of hydrogen-bond donors (Lipinski definition) is 3. The number of nitrogens with one attached hydrogen (secondary N) is 2. The molecule has 0 radical (unpaired) electrons. The van der Waals surface area contributed by atoms with E-state index in [9.17, 15) is 20.0 Å². The molecule has 0 bridgehead atoms. The van der Waals surface area contributed by atoms with Crippen LogP contribution in [0.25, 0.3) is 0 Å². The number of carbonyl (C=O) groups excluding carboxylic acids is 2. The van der Waals surface area contributed by atoms with Crippen LogP contribution in [-0.2, 0) is 9.59 Å². The third-order valence-electron chi connectivity index (χ3n) is 6.98. The molecule has 0 rings (SSSR count). The molecule has 41 heavy (non-hydrogen) atoms. The van der Waals surface area contributed by atoms with Gasteiger partial charge in [0, 0.05) is 50.9 Å². The lowest BCUT2D eigenvalue weighted by Gasteiger charge is -2.16. The first kappa shape index (κ1) is 37.7. The van der Waals surface area contributed by atoms with Crippen LogP contribution in [0, 0.1) is 22.9 Å². The van der Waals surface area contributed by atoms with E-state index < -0.39 is 6.10 Å². The summed E-state index contributed by atoms with van der Waals surface area (Å²) in [6.07, 6.45) is 15.8. The van der Waals surface area contributed by atoms with Crippen molar-refractivity contribution < 1.29 is 14.7 Å². The second kappa shape index (κ2) is 24.5. The quantitative estimate of drug-likeness (QED) is 0.0532. The van der Waals surface area contributed by atoms with E-state index >= 15 is 0 Å². The topological polar surface area (TPSA) is 132 Å². The maximum atomic E-state index is 12.3. The van der Waals surface area contributed by atoms with Gasteiger partial charge in [-0.2, -0.15) is 10.5 Å². The van der Waals surface area contributed by atoms with Crippen LogP contribution in [0.15, 0.2) is 36.7 Å². The summed E-state index contributed by atoms with van der Waals surface area (Å²) >= 11 is 0. The van der Waals surface area contributed by atoms with E-state index in [0.717, 1.165) is 101 Å². The first-order chi connectivity index (χ1) is 19.7. The Labute approximate surface area is 249 Å². The van der Waals surface area contributed by atoms with Gasteiger partial charge in [-0.1, -0.05) is 58.8 Å². The van der Waals surface area contributed by atoms with Crippen LogP contribution in [0.2, 0.25) is 0 Å². The van der Waals surface area contributed by atoms with Crippen molar-refractivity contribution in [2.45, 2.75) is 116 Å². The minimum atomic E-state index is -0.522.